The number of nitrogens with zero attached hydrogens (tertiary/aromatic N) is 5. The molecule has 0 bridgehead atoms. The van der Waals surface area contributed by atoms with Crippen LogP contribution >= 0.6 is 15.9 Å². The predicted octanol–water partition coefficient (Wildman–Crippen LogP) is 5.62. The van der Waals surface area contributed by atoms with Crippen molar-refractivity contribution in [3.8, 4) is 0 Å². The van der Waals surface area contributed by atoms with Crippen molar-refractivity contribution in [2.75, 3.05) is 56.0 Å². The first-order chi connectivity index (χ1) is 19.6. The van der Waals surface area contributed by atoms with Gasteiger partial charge in [0.25, 0.3) is 5.56 Å². The molecule has 6 rings (SSSR count). The number of fused-ring (bicyclic) bond motifs is 1. The summed E-state index contributed by atoms with van der Waals surface area (Å²) in [6.07, 6.45) is 11.4. The van der Waals surface area contributed by atoms with Crippen molar-refractivity contribution in [1.29, 1.82) is 0 Å². The van der Waals surface area contributed by atoms with E-state index in [1.54, 1.807) is 0 Å². The number of nitrogens with one attached hydrogen (secondary N) is 2. The second-order valence-corrected chi connectivity index (χ2v) is 12.6. The Bertz CT molecular complexity index is 1350. The fraction of sp³-hybridized carbons (Fsp3) is 0.581. The number of pyridine rings is 1. The van der Waals surface area contributed by atoms with Crippen molar-refractivity contribution >= 4 is 44.3 Å². The fourth-order valence-electron chi connectivity index (χ4n) is 6.77. The van der Waals surface area contributed by atoms with Crippen molar-refractivity contribution in [3.05, 3.63) is 50.9 Å². The largest absolute Gasteiger partial charge is 0.372 e. The molecule has 9 heteroatoms. The quantitative estimate of drug-likeness (QED) is 0.344. The molecule has 8 nitrogen and oxygen atoms in total. The number of halogens is 1. The van der Waals surface area contributed by atoms with E-state index in [-0.39, 0.29) is 11.6 Å². The lowest BCUT2D eigenvalue weighted by atomic mass is 9.92. The average molecular weight is 609 g/mol. The zero-order valence-electron chi connectivity index (χ0n) is 23.7. The lowest BCUT2D eigenvalue weighted by Gasteiger charge is -2.34. The Labute approximate surface area is 245 Å². The average Bonchev–Trinajstić information content (AvgIpc) is 3.52. The minimum atomic E-state index is 0.00854. The van der Waals surface area contributed by atoms with Crippen LogP contribution < -0.4 is 21.1 Å². The molecule has 0 amide bonds. The molecule has 3 aromatic rings. The molecule has 0 unspecified atom stereocenters. The zero-order chi connectivity index (χ0) is 27.5. The van der Waals surface area contributed by atoms with Gasteiger partial charge in [-0.25, -0.2) is 4.98 Å². The molecule has 2 saturated heterocycles. The van der Waals surface area contributed by atoms with Gasteiger partial charge >= 0.3 is 0 Å². The van der Waals surface area contributed by atoms with E-state index in [4.69, 9.17) is 4.98 Å². The molecule has 2 aromatic heterocycles. The van der Waals surface area contributed by atoms with Gasteiger partial charge in [0.2, 0.25) is 5.95 Å². The van der Waals surface area contributed by atoms with E-state index in [9.17, 15) is 4.79 Å². The molecule has 40 heavy (non-hydrogen) atoms. The summed E-state index contributed by atoms with van der Waals surface area (Å²) in [4.78, 5) is 27.8. The van der Waals surface area contributed by atoms with Gasteiger partial charge in [-0.05, 0) is 104 Å². The molecule has 1 aliphatic carbocycles. The number of piperidine rings is 1. The molecule has 0 radical (unpaired) electrons. The summed E-state index contributed by atoms with van der Waals surface area (Å²) in [6.45, 7) is 10.2. The van der Waals surface area contributed by atoms with Crippen LogP contribution in [0, 0.1) is 12.8 Å². The second-order valence-electron chi connectivity index (χ2n) is 11.8. The molecule has 1 saturated carbocycles. The highest BCUT2D eigenvalue weighted by Gasteiger charge is 2.24. The summed E-state index contributed by atoms with van der Waals surface area (Å²) in [6, 6.07) is 8.82. The molecule has 1 aromatic carbocycles. The van der Waals surface area contributed by atoms with Crippen LogP contribution in [0.1, 0.15) is 63.0 Å². The number of aryl methyl sites for hydroxylation is 1. The van der Waals surface area contributed by atoms with Crippen LogP contribution in [0.25, 0.3) is 11.0 Å². The maximum atomic E-state index is 13.2. The summed E-state index contributed by atoms with van der Waals surface area (Å²) in [7, 11) is 0. The van der Waals surface area contributed by atoms with Crippen LogP contribution in [0.4, 0.5) is 17.3 Å². The molecular formula is C31H42BrN7O. The first-order valence-corrected chi connectivity index (χ1v) is 16.0. The molecule has 2 N–H and O–H groups in total. The van der Waals surface area contributed by atoms with Crippen molar-refractivity contribution in [1.82, 2.24) is 24.8 Å². The number of aromatic nitrogens is 3. The molecule has 0 spiro atoms. The highest BCUT2D eigenvalue weighted by Crippen LogP contribution is 2.33. The highest BCUT2D eigenvalue weighted by atomic mass is 79.9. The van der Waals surface area contributed by atoms with Crippen LogP contribution in [-0.2, 0) is 0 Å². The van der Waals surface area contributed by atoms with Crippen LogP contribution in [0.3, 0.4) is 0 Å². The monoisotopic (exact) mass is 607 g/mol. The first kappa shape index (κ1) is 27.7. The van der Waals surface area contributed by atoms with Crippen LogP contribution in [-0.4, -0.2) is 65.2 Å². The minimum absolute atomic E-state index is 0.00854. The Morgan fingerprint density at radius 2 is 1.75 bits per heavy atom. The molecule has 4 heterocycles. The Kier molecular flexibility index (Phi) is 8.70. The maximum absolute atomic E-state index is 13.2. The van der Waals surface area contributed by atoms with E-state index in [0.717, 1.165) is 80.1 Å². The van der Waals surface area contributed by atoms with Crippen molar-refractivity contribution < 1.29 is 0 Å². The van der Waals surface area contributed by atoms with E-state index in [1.807, 2.05) is 17.7 Å². The van der Waals surface area contributed by atoms with Gasteiger partial charge < -0.3 is 20.4 Å². The predicted molar refractivity (Wildman–Crippen MR) is 167 cm³/mol. The van der Waals surface area contributed by atoms with E-state index >= 15 is 0 Å². The number of hydrogen-bond acceptors (Lipinski definition) is 7. The molecule has 0 atom stereocenters. The zero-order valence-corrected chi connectivity index (χ0v) is 25.3. The van der Waals surface area contributed by atoms with Crippen molar-refractivity contribution in [3.63, 3.8) is 0 Å². The topological polar surface area (TPSA) is 78.3 Å². The molecule has 214 valence electrons. The highest BCUT2D eigenvalue weighted by molar-refractivity contribution is 9.10. The normalized spacial score (nSPS) is 19.5. The second kappa shape index (κ2) is 12.6. The summed E-state index contributed by atoms with van der Waals surface area (Å²) in [5.41, 5.74) is 3.86. The number of benzene rings is 1. The van der Waals surface area contributed by atoms with Crippen LogP contribution in [0.5, 0.6) is 0 Å². The van der Waals surface area contributed by atoms with Crippen LogP contribution in [0.2, 0.25) is 0 Å². The summed E-state index contributed by atoms with van der Waals surface area (Å²) < 4.78 is 2.51. The number of anilines is 3. The van der Waals surface area contributed by atoms with Crippen LogP contribution in [0.15, 0.2) is 39.7 Å². The van der Waals surface area contributed by atoms with Gasteiger partial charge in [0.1, 0.15) is 5.65 Å². The van der Waals surface area contributed by atoms with Gasteiger partial charge in [-0.1, -0.05) is 12.8 Å². The van der Waals surface area contributed by atoms with E-state index in [0.29, 0.717) is 10.4 Å². The van der Waals surface area contributed by atoms with E-state index < -0.39 is 0 Å². The summed E-state index contributed by atoms with van der Waals surface area (Å²) >= 11 is 3.53. The third-order valence-electron chi connectivity index (χ3n) is 9.23. The Hall–Kier alpha value is -2.49. The third kappa shape index (κ3) is 6.06. The number of rotatable bonds is 8. The number of hydrogen-bond donors (Lipinski definition) is 2. The van der Waals surface area contributed by atoms with Gasteiger partial charge in [0, 0.05) is 68.3 Å². The Balaban J connectivity index is 1.07. The SMILES string of the molecule is Cc1c(Br)c(=O)n(C2CCCC2)c2nc(Nc3ccc(N4CCC(CCCN5CCNCC5)CC4)cc3)ncc12. The van der Waals surface area contributed by atoms with Crippen molar-refractivity contribution in [2.24, 2.45) is 5.92 Å². The van der Waals surface area contributed by atoms with Gasteiger partial charge in [-0.2, -0.15) is 4.98 Å². The Morgan fingerprint density at radius 3 is 2.48 bits per heavy atom. The van der Waals surface area contributed by atoms with Crippen molar-refractivity contribution in [2.45, 2.75) is 64.3 Å². The Morgan fingerprint density at radius 1 is 1.02 bits per heavy atom. The van der Waals surface area contributed by atoms with E-state index in [1.165, 1.54) is 51.0 Å². The van der Waals surface area contributed by atoms with Gasteiger partial charge in [0.05, 0.1) is 4.47 Å². The lowest BCUT2D eigenvalue weighted by molar-refractivity contribution is 0.227. The first-order valence-electron chi connectivity index (χ1n) is 15.2. The maximum Gasteiger partial charge on any atom is 0.267 e. The van der Waals surface area contributed by atoms with Gasteiger partial charge in [-0.3, -0.25) is 9.36 Å². The molecule has 3 fully saturated rings. The standard InChI is InChI=1S/C31H42BrN7O/c1-22-27-21-34-31(36-29(27)39(30(40)28(22)32)26-6-2-3-7-26)35-24-8-10-25(11-9-24)38-17-12-23(13-18-38)5-4-16-37-19-14-33-15-20-37/h8-11,21,23,26,33H,2-7,12-20H2,1H3,(H,34,35,36). The lowest BCUT2D eigenvalue weighted by Crippen LogP contribution is -2.43. The molecule has 2 aliphatic heterocycles. The van der Waals surface area contributed by atoms with Gasteiger partial charge in [0.15, 0.2) is 0 Å². The van der Waals surface area contributed by atoms with Gasteiger partial charge in [-0.15, -0.1) is 0 Å². The molecular weight excluding hydrogens is 566 g/mol. The fourth-order valence-corrected chi connectivity index (χ4v) is 7.17. The number of piperazine rings is 1. The summed E-state index contributed by atoms with van der Waals surface area (Å²) in [5.74, 6) is 1.38. The third-order valence-corrected chi connectivity index (χ3v) is 10.2. The van der Waals surface area contributed by atoms with E-state index in [2.05, 4.69) is 65.6 Å². The summed E-state index contributed by atoms with van der Waals surface area (Å²) in [5, 5.41) is 7.75. The smallest absolute Gasteiger partial charge is 0.267 e. The molecule has 3 aliphatic rings. The minimum Gasteiger partial charge on any atom is -0.372 e.